The average molecular weight is 579 g/mol. The van der Waals surface area contributed by atoms with Crippen LogP contribution >= 0.6 is 11.6 Å². The Labute approximate surface area is 251 Å². The molecule has 4 aliphatic carbocycles. The van der Waals surface area contributed by atoms with Gasteiger partial charge in [0.25, 0.3) is 0 Å². The zero-order valence-corrected chi connectivity index (χ0v) is 24.9. The van der Waals surface area contributed by atoms with Crippen molar-refractivity contribution in [2.45, 2.75) is 69.9 Å². The maximum Gasteiger partial charge on any atom is 0.103 e. The first-order valence-electron chi connectivity index (χ1n) is 14.7. The fourth-order valence-corrected chi connectivity index (χ4v) is 6.81. The Morgan fingerprint density at radius 3 is 2.60 bits per heavy atom. The Morgan fingerprint density at radius 2 is 1.95 bits per heavy atom. The van der Waals surface area contributed by atoms with Gasteiger partial charge in [-0.3, -0.25) is 9.99 Å². The van der Waals surface area contributed by atoms with Gasteiger partial charge in [-0.15, -0.1) is 5.53 Å². The van der Waals surface area contributed by atoms with Crippen LogP contribution < -0.4 is 21.6 Å². The summed E-state index contributed by atoms with van der Waals surface area (Å²) in [6, 6.07) is 16.9. The van der Waals surface area contributed by atoms with E-state index in [4.69, 9.17) is 11.6 Å². The first kappa shape index (κ1) is 26.9. The lowest BCUT2D eigenvalue weighted by atomic mass is 9.49. The molecule has 0 saturated heterocycles. The zero-order chi connectivity index (χ0) is 29.3. The largest absolute Gasteiger partial charge is 0.383 e. The quantitative estimate of drug-likeness (QED) is 0.235. The number of anilines is 2. The molecule has 1 aromatic heterocycles. The van der Waals surface area contributed by atoms with Gasteiger partial charge < -0.3 is 16.1 Å². The number of hydrogen-bond donors (Lipinski definition) is 4. The predicted octanol–water partition coefficient (Wildman–Crippen LogP) is 6.64. The molecule has 4 saturated carbocycles. The second kappa shape index (κ2) is 9.52. The van der Waals surface area contributed by atoms with Crippen molar-refractivity contribution in [1.29, 1.82) is 10.5 Å². The van der Waals surface area contributed by atoms with E-state index in [1.165, 1.54) is 19.3 Å². The minimum atomic E-state index is -0.382. The van der Waals surface area contributed by atoms with E-state index in [0.717, 1.165) is 52.3 Å². The number of nitrogens with one attached hydrogen (secondary N) is 4. The molecule has 1 atom stereocenters. The molecule has 0 unspecified atom stereocenters. The standard InChI is InChI=1S/C33H35ClN8/c1-31(2,3)19-38-28-22(15-35)16-37-30-25(28)10-24(11-26(30)34)39-29(21-5-4-6-23(9-21)32(18-36)7-8-32)27-17-42(41-40-27)33-12-20(13-33)14-33/h4-6,9-11,16-17,20,29,39-41H,7-8,12-14,19H2,1-3H3,(H,37,38)/t20?,29-,33?/m0/s1. The summed E-state index contributed by atoms with van der Waals surface area (Å²) < 4.78 is 0. The Hall–Kier alpha value is -3.98. The van der Waals surface area contributed by atoms with E-state index in [-0.39, 0.29) is 22.4 Å². The summed E-state index contributed by atoms with van der Waals surface area (Å²) in [6.45, 7) is 7.14. The minimum absolute atomic E-state index is 0.0142. The number of halogens is 1. The molecule has 8 nitrogen and oxygen atoms in total. The van der Waals surface area contributed by atoms with Gasteiger partial charge >= 0.3 is 0 Å². The number of fused-ring (bicyclic) bond motifs is 1. The second-order valence-electron chi connectivity index (χ2n) is 13.7. The van der Waals surface area contributed by atoms with Crippen molar-refractivity contribution in [3.8, 4) is 12.1 Å². The van der Waals surface area contributed by atoms with Crippen molar-refractivity contribution < 1.29 is 0 Å². The van der Waals surface area contributed by atoms with Crippen LogP contribution in [0, 0.1) is 34.0 Å². The van der Waals surface area contributed by atoms with Crippen LogP contribution in [0.2, 0.25) is 5.02 Å². The maximum atomic E-state index is 9.89. The highest BCUT2D eigenvalue weighted by atomic mass is 35.5. The van der Waals surface area contributed by atoms with E-state index in [2.05, 4.69) is 88.9 Å². The van der Waals surface area contributed by atoms with Crippen molar-refractivity contribution in [3.05, 3.63) is 76.2 Å². The molecule has 3 aromatic rings. The Morgan fingerprint density at radius 1 is 1.17 bits per heavy atom. The zero-order valence-electron chi connectivity index (χ0n) is 24.2. The lowest BCUT2D eigenvalue weighted by Gasteiger charge is -2.64. The monoisotopic (exact) mass is 578 g/mol. The van der Waals surface area contributed by atoms with Gasteiger partial charge in [-0.05, 0) is 66.7 Å². The third-order valence-electron chi connectivity index (χ3n) is 9.31. The molecule has 214 valence electrons. The number of nitriles is 2. The highest BCUT2D eigenvalue weighted by molar-refractivity contribution is 6.35. The summed E-state index contributed by atoms with van der Waals surface area (Å²) in [4.78, 5) is 4.53. The van der Waals surface area contributed by atoms with E-state index < -0.39 is 0 Å². The van der Waals surface area contributed by atoms with Crippen LogP contribution in [0.15, 0.2) is 54.5 Å². The van der Waals surface area contributed by atoms with Crippen LogP contribution in [0.25, 0.3) is 10.9 Å². The van der Waals surface area contributed by atoms with Crippen molar-refractivity contribution in [2.75, 3.05) is 17.2 Å². The maximum absolute atomic E-state index is 9.89. The smallest absolute Gasteiger partial charge is 0.103 e. The lowest BCUT2D eigenvalue weighted by Crippen LogP contribution is -2.69. The molecule has 42 heavy (non-hydrogen) atoms. The Kier molecular flexibility index (Phi) is 6.10. The molecule has 4 fully saturated rings. The lowest BCUT2D eigenvalue weighted by molar-refractivity contribution is -0.141. The van der Waals surface area contributed by atoms with E-state index in [1.54, 1.807) is 6.20 Å². The molecule has 0 spiro atoms. The van der Waals surface area contributed by atoms with Gasteiger partial charge in [0.05, 0.1) is 50.6 Å². The summed E-state index contributed by atoms with van der Waals surface area (Å²) in [5.74, 6) is 0.864. The summed E-state index contributed by atoms with van der Waals surface area (Å²) in [7, 11) is 0. The second-order valence-corrected chi connectivity index (χ2v) is 14.1. The molecule has 2 heterocycles. The van der Waals surface area contributed by atoms with Gasteiger partial charge in [0, 0.05) is 30.0 Å². The Bertz CT molecular complexity index is 1690. The van der Waals surface area contributed by atoms with E-state index in [0.29, 0.717) is 22.6 Å². The molecule has 0 amide bonds. The van der Waals surface area contributed by atoms with Gasteiger partial charge in [0.15, 0.2) is 0 Å². The predicted molar refractivity (Wildman–Crippen MR) is 165 cm³/mol. The van der Waals surface area contributed by atoms with Crippen LogP contribution in [0.5, 0.6) is 0 Å². The highest BCUT2D eigenvalue weighted by Gasteiger charge is 2.60. The molecule has 0 radical (unpaired) electrons. The average Bonchev–Trinajstić information content (AvgIpc) is 3.59. The van der Waals surface area contributed by atoms with Crippen molar-refractivity contribution in [2.24, 2.45) is 11.3 Å². The number of hydrazine groups is 2. The number of benzene rings is 2. The van der Waals surface area contributed by atoms with Crippen LogP contribution in [-0.2, 0) is 5.41 Å². The fraction of sp³-hybridized carbons (Fsp3) is 0.424. The minimum Gasteiger partial charge on any atom is -0.383 e. The van der Waals surface area contributed by atoms with Crippen LogP contribution in [0.4, 0.5) is 11.4 Å². The highest BCUT2D eigenvalue weighted by Crippen LogP contribution is 2.60. The molecular formula is C33H35ClN8. The van der Waals surface area contributed by atoms with Crippen molar-refractivity contribution in [1.82, 2.24) is 21.0 Å². The van der Waals surface area contributed by atoms with Crippen molar-refractivity contribution in [3.63, 3.8) is 0 Å². The van der Waals surface area contributed by atoms with Gasteiger partial charge in [-0.1, -0.05) is 56.6 Å². The normalized spacial score (nSPS) is 23.9. The molecule has 8 rings (SSSR count). The van der Waals surface area contributed by atoms with E-state index in [1.807, 2.05) is 18.2 Å². The fourth-order valence-electron chi connectivity index (χ4n) is 6.54. The van der Waals surface area contributed by atoms with Crippen molar-refractivity contribution >= 4 is 33.9 Å². The third-order valence-corrected chi connectivity index (χ3v) is 9.59. The number of pyridine rings is 1. The molecule has 1 aliphatic heterocycles. The molecule has 2 aromatic carbocycles. The Balaban J connectivity index is 1.29. The summed E-state index contributed by atoms with van der Waals surface area (Å²) in [5.41, 5.74) is 12.5. The van der Waals surface area contributed by atoms with Crippen LogP contribution in [0.3, 0.4) is 0 Å². The van der Waals surface area contributed by atoms with E-state index in [9.17, 15) is 10.5 Å². The van der Waals surface area contributed by atoms with Gasteiger partial charge in [-0.2, -0.15) is 10.5 Å². The number of rotatable bonds is 8. The summed E-state index contributed by atoms with van der Waals surface area (Å²) in [5, 5.41) is 30.6. The summed E-state index contributed by atoms with van der Waals surface area (Å²) in [6.07, 6.45) is 9.23. The van der Waals surface area contributed by atoms with Crippen LogP contribution in [-0.4, -0.2) is 22.1 Å². The van der Waals surface area contributed by atoms with E-state index >= 15 is 0 Å². The number of nitrogens with zero attached hydrogens (tertiary/aromatic N) is 4. The topological polar surface area (TPSA) is 112 Å². The SMILES string of the molecule is CC(C)(C)CNc1c(C#N)cnc2c(Cl)cc(N[C@H](C3=CN(C45CC(C4)C5)NN3)c3cccc(C4(C#N)CC4)c3)cc12. The molecule has 9 heteroatoms. The van der Waals surface area contributed by atoms with Crippen LogP contribution in [0.1, 0.15) is 75.6 Å². The third kappa shape index (κ3) is 4.51. The van der Waals surface area contributed by atoms with Gasteiger partial charge in [0.1, 0.15) is 6.07 Å². The molecular weight excluding hydrogens is 544 g/mol. The first-order chi connectivity index (χ1) is 20.1. The number of hydrogen-bond acceptors (Lipinski definition) is 8. The van der Waals surface area contributed by atoms with Gasteiger partial charge in [-0.25, -0.2) is 0 Å². The summed E-state index contributed by atoms with van der Waals surface area (Å²) >= 11 is 6.84. The first-order valence-corrected chi connectivity index (χ1v) is 15.1. The molecule has 5 aliphatic rings. The number of aromatic nitrogens is 1. The molecule has 2 bridgehead atoms. The van der Waals surface area contributed by atoms with Gasteiger partial charge in [0.2, 0.25) is 0 Å². The molecule has 4 N–H and O–H groups in total.